The number of carbonyl (C=O) groups is 3. The fourth-order valence-electron chi connectivity index (χ4n) is 3.29. The first kappa shape index (κ1) is 20.7. The normalized spacial score (nSPS) is 18.3. The Morgan fingerprint density at radius 3 is 2.48 bits per heavy atom. The van der Waals surface area contributed by atoms with E-state index in [0.717, 1.165) is 5.56 Å². The molecule has 1 fully saturated rings. The van der Waals surface area contributed by atoms with Crippen molar-refractivity contribution < 1.29 is 19.5 Å². The summed E-state index contributed by atoms with van der Waals surface area (Å²) in [6.07, 6.45) is 1.16. The summed E-state index contributed by atoms with van der Waals surface area (Å²) >= 11 is 0. The molecular formula is C20H29N3O4. The number of nitrogens with one attached hydrogen (secondary N) is 2. The molecule has 2 atom stereocenters. The van der Waals surface area contributed by atoms with E-state index in [4.69, 9.17) is 5.11 Å². The van der Waals surface area contributed by atoms with Gasteiger partial charge in [-0.1, -0.05) is 30.3 Å². The number of hydrogen-bond acceptors (Lipinski definition) is 3. The maximum atomic E-state index is 12.4. The zero-order valence-corrected chi connectivity index (χ0v) is 16.2. The van der Waals surface area contributed by atoms with Crippen molar-refractivity contribution in [1.82, 2.24) is 15.5 Å². The average Bonchev–Trinajstić information content (AvgIpc) is 2.94. The van der Waals surface area contributed by atoms with Gasteiger partial charge >= 0.3 is 12.0 Å². The number of nitrogens with zero attached hydrogens (tertiary/aromatic N) is 1. The number of aliphatic carboxylic acids is 1. The number of benzene rings is 1. The SMILES string of the molecule is CC(C)(C)N1CC(NC(=O)NC(CCC(=O)O)Cc2ccccc2)CC1=O. The van der Waals surface area contributed by atoms with Gasteiger partial charge in [0, 0.05) is 31.0 Å². The molecule has 0 saturated carbocycles. The highest BCUT2D eigenvalue weighted by Crippen LogP contribution is 2.21. The van der Waals surface area contributed by atoms with Crippen molar-refractivity contribution in [3.63, 3.8) is 0 Å². The van der Waals surface area contributed by atoms with Crippen molar-refractivity contribution >= 4 is 17.9 Å². The Balaban J connectivity index is 1.92. The van der Waals surface area contributed by atoms with Gasteiger partial charge in [-0.15, -0.1) is 0 Å². The summed E-state index contributed by atoms with van der Waals surface area (Å²) in [6.45, 7) is 6.38. The average molecular weight is 375 g/mol. The molecule has 3 N–H and O–H groups in total. The van der Waals surface area contributed by atoms with Crippen molar-refractivity contribution in [2.45, 2.75) is 64.1 Å². The highest BCUT2D eigenvalue weighted by atomic mass is 16.4. The van der Waals surface area contributed by atoms with Crippen molar-refractivity contribution in [1.29, 1.82) is 0 Å². The highest BCUT2D eigenvalue weighted by molar-refractivity contribution is 5.82. The van der Waals surface area contributed by atoms with E-state index in [9.17, 15) is 14.4 Å². The van der Waals surface area contributed by atoms with Crippen LogP contribution in [0.5, 0.6) is 0 Å². The first-order valence-electron chi connectivity index (χ1n) is 9.28. The van der Waals surface area contributed by atoms with Crippen LogP contribution in [0.2, 0.25) is 0 Å². The van der Waals surface area contributed by atoms with Crippen LogP contribution >= 0.6 is 0 Å². The van der Waals surface area contributed by atoms with Crippen LogP contribution in [0.4, 0.5) is 4.79 Å². The Morgan fingerprint density at radius 2 is 1.93 bits per heavy atom. The van der Waals surface area contributed by atoms with Crippen LogP contribution in [0.3, 0.4) is 0 Å². The summed E-state index contributed by atoms with van der Waals surface area (Å²) in [5.41, 5.74) is 0.754. The lowest BCUT2D eigenvalue weighted by atomic mass is 10.0. The zero-order valence-electron chi connectivity index (χ0n) is 16.2. The second kappa shape index (κ2) is 8.88. The van der Waals surface area contributed by atoms with E-state index in [1.165, 1.54) is 0 Å². The molecule has 2 unspecified atom stereocenters. The molecule has 1 aromatic rings. The fraction of sp³-hybridized carbons (Fsp3) is 0.550. The first-order chi connectivity index (χ1) is 12.6. The molecule has 1 saturated heterocycles. The van der Waals surface area contributed by atoms with Gasteiger partial charge in [-0.25, -0.2) is 4.79 Å². The third kappa shape index (κ3) is 6.58. The molecule has 1 aromatic carbocycles. The van der Waals surface area contributed by atoms with Crippen molar-refractivity contribution in [2.24, 2.45) is 0 Å². The number of amides is 3. The second-order valence-corrected chi connectivity index (χ2v) is 8.01. The van der Waals surface area contributed by atoms with Gasteiger partial charge in [0.15, 0.2) is 0 Å². The summed E-state index contributed by atoms with van der Waals surface area (Å²) in [5, 5.41) is 14.7. The van der Waals surface area contributed by atoms with Gasteiger partial charge in [-0.2, -0.15) is 0 Å². The molecule has 2 rings (SSSR count). The van der Waals surface area contributed by atoms with Crippen LogP contribution < -0.4 is 10.6 Å². The second-order valence-electron chi connectivity index (χ2n) is 8.01. The molecule has 1 aliphatic heterocycles. The molecule has 0 spiro atoms. The maximum Gasteiger partial charge on any atom is 0.315 e. The van der Waals surface area contributed by atoms with Crippen LogP contribution in [-0.2, 0) is 16.0 Å². The number of carboxylic acids is 1. The lowest BCUT2D eigenvalue weighted by molar-refractivity contribution is -0.137. The van der Waals surface area contributed by atoms with Crippen LogP contribution in [0, 0.1) is 0 Å². The van der Waals surface area contributed by atoms with Gasteiger partial charge in [0.05, 0.1) is 6.04 Å². The van der Waals surface area contributed by atoms with Crippen LogP contribution in [0.15, 0.2) is 30.3 Å². The largest absolute Gasteiger partial charge is 0.481 e. The molecule has 27 heavy (non-hydrogen) atoms. The Hall–Kier alpha value is -2.57. The predicted octanol–water partition coefficient (Wildman–Crippen LogP) is 2.16. The molecule has 0 aliphatic carbocycles. The topological polar surface area (TPSA) is 98.7 Å². The van der Waals surface area contributed by atoms with Gasteiger partial charge < -0.3 is 20.6 Å². The van der Waals surface area contributed by atoms with E-state index in [1.807, 2.05) is 51.1 Å². The quantitative estimate of drug-likeness (QED) is 0.680. The van der Waals surface area contributed by atoms with Crippen molar-refractivity contribution in [2.75, 3.05) is 6.54 Å². The van der Waals surface area contributed by atoms with Crippen LogP contribution in [0.25, 0.3) is 0 Å². The van der Waals surface area contributed by atoms with E-state index in [1.54, 1.807) is 4.90 Å². The van der Waals surface area contributed by atoms with Gasteiger partial charge in [0.1, 0.15) is 0 Å². The predicted molar refractivity (Wildman–Crippen MR) is 102 cm³/mol. The minimum absolute atomic E-state index is 0.0164. The molecule has 0 aromatic heterocycles. The summed E-state index contributed by atoms with van der Waals surface area (Å²) in [6, 6.07) is 8.73. The van der Waals surface area contributed by atoms with Crippen molar-refractivity contribution in [3.05, 3.63) is 35.9 Å². The third-order valence-electron chi connectivity index (χ3n) is 4.64. The number of carboxylic acid groups (broad SMARTS) is 1. The van der Waals surface area contributed by atoms with Crippen LogP contribution in [-0.4, -0.2) is 52.1 Å². The maximum absolute atomic E-state index is 12.4. The first-order valence-corrected chi connectivity index (χ1v) is 9.28. The number of hydrogen-bond donors (Lipinski definition) is 3. The number of likely N-dealkylation sites (tertiary alicyclic amines) is 1. The van der Waals surface area contributed by atoms with E-state index in [2.05, 4.69) is 10.6 Å². The Bertz CT molecular complexity index is 670. The van der Waals surface area contributed by atoms with Gasteiger partial charge in [0.2, 0.25) is 5.91 Å². The highest BCUT2D eigenvalue weighted by Gasteiger charge is 2.36. The Morgan fingerprint density at radius 1 is 1.26 bits per heavy atom. The molecular weight excluding hydrogens is 346 g/mol. The number of carbonyl (C=O) groups excluding carboxylic acids is 2. The van der Waals surface area contributed by atoms with Gasteiger partial charge in [-0.05, 0) is 39.2 Å². The van der Waals surface area contributed by atoms with E-state index in [-0.39, 0.29) is 42.4 Å². The lowest BCUT2D eigenvalue weighted by Gasteiger charge is -2.32. The minimum Gasteiger partial charge on any atom is -0.481 e. The molecule has 3 amide bonds. The number of urea groups is 1. The van der Waals surface area contributed by atoms with E-state index >= 15 is 0 Å². The molecule has 1 heterocycles. The smallest absolute Gasteiger partial charge is 0.315 e. The Labute approximate surface area is 160 Å². The van der Waals surface area contributed by atoms with E-state index in [0.29, 0.717) is 19.4 Å². The summed E-state index contributed by atoms with van der Waals surface area (Å²) < 4.78 is 0. The minimum atomic E-state index is -0.891. The van der Waals surface area contributed by atoms with E-state index < -0.39 is 5.97 Å². The molecule has 1 aliphatic rings. The molecule has 7 nitrogen and oxygen atoms in total. The lowest BCUT2D eigenvalue weighted by Crippen LogP contribution is -2.49. The molecule has 7 heteroatoms. The molecule has 148 valence electrons. The van der Waals surface area contributed by atoms with Crippen LogP contribution in [0.1, 0.15) is 45.6 Å². The summed E-state index contributed by atoms with van der Waals surface area (Å²) in [7, 11) is 0. The van der Waals surface area contributed by atoms with Gasteiger partial charge in [0.25, 0.3) is 0 Å². The van der Waals surface area contributed by atoms with Gasteiger partial charge in [-0.3, -0.25) is 9.59 Å². The summed E-state index contributed by atoms with van der Waals surface area (Å²) in [5.74, 6) is -0.864. The standard InChI is InChI=1S/C20H29N3O4/c1-20(2,3)23-13-16(12-17(23)24)22-19(27)21-15(9-10-18(25)26)11-14-7-5-4-6-8-14/h4-8,15-16H,9-13H2,1-3H3,(H,25,26)(H2,21,22,27). The monoisotopic (exact) mass is 375 g/mol. The number of rotatable bonds is 7. The van der Waals surface area contributed by atoms with Crippen molar-refractivity contribution in [3.8, 4) is 0 Å². The molecule has 0 bridgehead atoms. The fourth-order valence-corrected chi connectivity index (χ4v) is 3.29. The third-order valence-corrected chi connectivity index (χ3v) is 4.64. The Kier molecular flexibility index (Phi) is 6.82. The summed E-state index contributed by atoms with van der Waals surface area (Å²) in [4.78, 5) is 37.2. The molecule has 0 radical (unpaired) electrons. The zero-order chi connectivity index (χ0) is 20.0.